The molecule has 0 aliphatic heterocycles. The Balaban J connectivity index is 2.38. The third-order valence-corrected chi connectivity index (χ3v) is 3.93. The van der Waals surface area contributed by atoms with Gasteiger partial charge < -0.3 is 9.64 Å². The number of rotatable bonds is 7. The van der Waals surface area contributed by atoms with E-state index < -0.39 is 4.92 Å². The number of aromatic nitrogens is 2. The summed E-state index contributed by atoms with van der Waals surface area (Å²) in [5.74, 6) is 0.583. The maximum absolute atomic E-state index is 11.5. The normalized spacial score (nSPS) is 10.5. The van der Waals surface area contributed by atoms with Crippen LogP contribution in [0.3, 0.4) is 0 Å². The molecule has 8 heteroatoms. The molecule has 0 spiro atoms. The van der Waals surface area contributed by atoms with E-state index in [-0.39, 0.29) is 17.4 Å². The minimum absolute atomic E-state index is 0.0879. The number of anilines is 1. The Hall–Kier alpha value is -2.41. The third-order valence-electron chi connectivity index (χ3n) is 3.50. The van der Waals surface area contributed by atoms with Gasteiger partial charge in [0.05, 0.1) is 4.92 Å². The fourth-order valence-corrected chi connectivity index (χ4v) is 2.28. The molecule has 0 aliphatic carbocycles. The summed E-state index contributed by atoms with van der Waals surface area (Å²) in [7, 11) is 1.77. The Labute approximate surface area is 145 Å². The van der Waals surface area contributed by atoms with Crippen LogP contribution in [-0.4, -0.2) is 28.5 Å². The highest BCUT2D eigenvalue weighted by Crippen LogP contribution is 2.36. The molecule has 0 atom stereocenters. The van der Waals surface area contributed by atoms with E-state index in [4.69, 9.17) is 16.3 Å². The van der Waals surface area contributed by atoms with Crippen LogP contribution in [0.15, 0.2) is 24.5 Å². The molecule has 0 amide bonds. The van der Waals surface area contributed by atoms with Crippen LogP contribution in [0.5, 0.6) is 11.6 Å². The lowest BCUT2D eigenvalue weighted by Gasteiger charge is -2.18. The summed E-state index contributed by atoms with van der Waals surface area (Å²) in [6.45, 7) is 4.54. The van der Waals surface area contributed by atoms with Gasteiger partial charge in [0.1, 0.15) is 12.1 Å². The van der Waals surface area contributed by atoms with Crippen LogP contribution in [-0.2, 0) is 0 Å². The first-order valence-electron chi connectivity index (χ1n) is 7.58. The first-order chi connectivity index (χ1) is 11.4. The van der Waals surface area contributed by atoms with Crippen LogP contribution in [0, 0.1) is 17.0 Å². The van der Waals surface area contributed by atoms with E-state index >= 15 is 0 Å². The molecule has 0 radical (unpaired) electrons. The summed E-state index contributed by atoms with van der Waals surface area (Å²) in [5, 5.41) is 12.1. The summed E-state index contributed by atoms with van der Waals surface area (Å²) in [5.41, 5.74) is 0.565. The summed E-state index contributed by atoms with van der Waals surface area (Å²) < 4.78 is 5.62. The molecule has 0 bridgehead atoms. The second-order valence-corrected chi connectivity index (χ2v) is 5.80. The second-order valence-electron chi connectivity index (χ2n) is 5.40. The van der Waals surface area contributed by atoms with Crippen molar-refractivity contribution in [2.24, 2.45) is 0 Å². The average Bonchev–Trinajstić information content (AvgIpc) is 2.55. The number of nitrogens with zero attached hydrogens (tertiary/aromatic N) is 4. The zero-order valence-corrected chi connectivity index (χ0v) is 14.6. The molecule has 0 aliphatic rings. The fraction of sp³-hybridized carbons (Fsp3) is 0.375. The molecule has 2 rings (SSSR count). The number of aryl methyl sites for hydroxylation is 1. The van der Waals surface area contributed by atoms with Gasteiger partial charge in [0, 0.05) is 18.6 Å². The standard InChI is InChI=1S/C16H19ClN4O3/c1-4-5-8-20(3)15-14(21(22)23)16(19-10-18-15)24-12-6-7-13(17)11(2)9-12/h6-7,9-10H,4-5,8H2,1-3H3. The number of hydrogen-bond acceptors (Lipinski definition) is 6. The van der Waals surface area contributed by atoms with E-state index in [1.807, 2.05) is 6.92 Å². The molecule has 2 aromatic rings. The van der Waals surface area contributed by atoms with E-state index in [9.17, 15) is 10.1 Å². The quantitative estimate of drug-likeness (QED) is 0.544. The van der Waals surface area contributed by atoms with Crippen LogP contribution < -0.4 is 9.64 Å². The zero-order chi connectivity index (χ0) is 17.7. The molecule has 0 saturated heterocycles. The zero-order valence-electron chi connectivity index (χ0n) is 13.8. The molecule has 0 fully saturated rings. The maximum atomic E-state index is 11.5. The van der Waals surface area contributed by atoms with Crippen molar-refractivity contribution in [3.63, 3.8) is 0 Å². The van der Waals surface area contributed by atoms with Gasteiger partial charge in [-0.05, 0) is 37.1 Å². The molecule has 1 aromatic heterocycles. The van der Waals surface area contributed by atoms with Crippen molar-refractivity contribution in [1.82, 2.24) is 9.97 Å². The summed E-state index contributed by atoms with van der Waals surface area (Å²) in [6, 6.07) is 5.02. The third kappa shape index (κ3) is 4.11. The van der Waals surface area contributed by atoms with Gasteiger partial charge in [0.15, 0.2) is 0 Å². The molecule has 0 unspecified atom stereocenters. The molecule has 1 aromatic carbocycles. The van der Waals surface area contributed by atoms with Gasteiger partial charge >= 0.3 is 11.6 Å². The van der Waals surface area contributed by atoms with Gasteiger partial charge in [0.25, 0.3) is 0 Å². The first kappa shape index (κ1) is 17.9. The smallest absolute Gasteiger partial charge is 0.373 e. The highest BCUT2D eigenvalue weighted by Gasteiger charge is 2.27. The molecule has 24 heavy (non-hydrogen) atoms. The van der Waals surface area contributed by atoms with Crippen LogP contribution in [0.4, 0.5) is 11.5 Å². The Morgan fingerprint density at radius 3 is 2.75 bits per heavy atom. The van der Waals surface area contributed by atoms with Crippen molar-refractivity contribution in [1.29, 1.82) is 0 Å². The molecular weight excluding hydrogens is 332 g/mol. The number of halogens is 1. The van der Waals surface area contributed by atoms with Crippen molar-refractivity contribution in [3.05, 3.63) is 45.2 Å². The summed E-state index contributed by atoms with van der Waals surface area (Å²) in [4.78, 5) is 20.7. The number of unbranched alkanes of at least 4 members (excludes halogenated alkanes) is 1. The molecule has 7 nitrogen and oxygen atoms in total. The lowest BCUT2D eigenvalue weighted by Crippen LogP contribution is -2.21. The maximum Gasteiger partial charge on any atom is 0.373 e. The number of nitro groups is 1. The fourth-order valence-electron chi connectivity index (χ4n) is 2.16. The van der Waals surface area contributed by atoms with Crippen LogP contribution in [0.1, 0.15) is 25.3 Å². The second kappa shape index (κ2) is 7.92. The number of hydrogen-bond donors (Lipinski definition) is 0. The average molecular weight is 351 g/mol. The van der Waals surface area contributed by atoms with Crippen molar-refractivity contribution in [2.75, 3.05) is 18.5 Å². The highest BCUT2D eigenvalue weighted by atomic mass is 35.5. The van der Waals surface area contributed by atoms with E-state index in [0.29, 0.717) is 17.3 Å². The van der Waals surface area contributed by atoms with Crippen LogP contribution >= 0.6 is 11.6 Å². The Morgan fingerprint density at radius 2 is 2.12 bits per heavy atom. The van der Waals surface area contributed by atoms with Gasteiger partial charge in [0.2, 0.25) is 5.82 Å². The monoisotopic (exact) mass is 350 g/mol. The Bertz CT molecular complexity index is 739. The summed E-state index contributed by atoms with van der Waals surface area (Å²) >= 11 is 5.98. The van der Waals surface area contributed by atoms with Crippen LogP contribution in [0.2, 0.25) is 5.02 Å². The first-order valence-corrected chi connectivity index (χ1v) is 7.96. The number of benzene rings is 1. The lowest BCUT2D eigenvalue weighted by molar-refractivity contribution is -0.385. The minimum atomic E-state index is -0.518. The molecule has 1 heterocycles. The largest absolute Gasteiger partial charge is 0.434 e. The molecular formula is C16H19ClN4O3. The van der Waals surface area contributed by atoms with E-state index in [1.54, 1.807) is 30.1 Å². The number of ether oxygens (including phenoxy) is 1. The van der Waals surface area contributed by atoms with Gasteiger partial charge in [-0.25, -0.2) is 4.98 Å². The minimum Gasteiger partial charge on any atom is -0.434 e. The topological polar surface area (TPSA) is 81.4 Å². The van der Waals surface area contributed by atoms with Crippen molar-refractivity contribution >= 4 is 23.1 Å². The van der Waals surface area contributed by atoms with Crippen molar-refractivity contribution in [2.45, 2.75) is 26.7 Å². The molecule has 0 saturated carbocycles. The van der Waals surface area contributed by atoms with Gasteiger partial charge in [-0.1, -0.05) is 24.9 Å². The van der Waals surface area contributed by atoms with Gasteiger partial charge in [-0.2, -0.15) is 4.98 Å². The molecule has 0 N–H and O–H groups in total. The SMILES string of the molecule is CCCCN(C)c1ncnc(Oc2ccc(Cl)c(C)c2)c1[N+](=O)[O-]. The Kier molecular flexibility index (Phi) is 5.92. The van der Waals surface area contributed by atoms with Crippen molar-refractivity contribution in [3.8, 4) is 11.6 Å². The van der Waals surface area contributed by atoms with Gasteiger partial charge in [-0.3, -0.25) is 10.1 Å². The predicted octanol–water partition coefficient (Wildman–Crippen LogP) is 4.38. The van der Waals surface area contributed by atoms with E-state index in [0.717, 1.165) is 18.4 Å². The summed E-state index contributed by atoms with van der Waals surface area (Å²) in [6.07, 6.45) is 3.16. The highest BCUT2D eigenvalue weighted by molar-refractivity contribution is 6.31. The van der Waals surface area contributed by atoms with Gasteiger partial charge in [-0.15, -0.1) is 0 Å². The Morgan fingerprint density at radius 1 is 1.38 bits per heavy atom. The van der Waals surface area contributed by atoms with Crippen molar-refractivity contribution < 1.29 is 9.66 Å². The van der Waals surface area contributed by atoms with E-state index in [2.05, 4.69) is 16.9 Å². The van der Waals surface area contributed by atoms with Crippen LogP contribution in [0.25, 0.3) is 0 Å². The lowest BCUT2D eigenvalue weighted by atomic mass is 10.2. The van der Waals surface area contributed by atoms with E-state index in [1.165, 1.54) is 6.33 Å². The molecule has 128 valence electrons. The predicted molar refractivity (Wildman–Crippen MR) is 93.1 cm³/mol.